The van der Waals surface area contributed by atoms with E-state index in [0.717, 1.165) is 35.0 Å². The number of aryl methyl sites for hydroxylation is 2. The topological polar surface area (TPSA) is 71.8 Å². The fourth-order valence-electron chi connectivity index (χ4n) is 4.14. The van der Waals surface area contributed by atoms with Crippen LogP contribution in [0.5, 0.6) is 0 Å². The van der Waals surface area contributed by atoms with E-state index in [-0.39, 0.29) is 0 Å². The van der Waals surface area contributed by atoms with Crippen molar-refractivity contribution in [2.45, 2.75) is 51.9 Å². The number of benzene rings is 2. The van der Waals surface area contributed by atoms with Crippen molar-refractivity contribution in [2.75, 3.05) is 0 Å². The van der Waals surface area contributed by atoms with Gasteiger partial charge >= 0.3 is 0 Å². The maximum Gasteiger partial charge on any atom is 0.251 e. The molecule has 1 heterocycles. The van der Waals surface area contributed by atoms with E-state index >= 15 is 0 Å². The molecule has 1 aliphatic carbocycles. The Kier molecular flexibility index (Phi) is 4.27. The molecule has 0 atom stereocenters. The second-order valence-corrected chi connectivity index (χ2v) is 7.40. The Balaban J connectivity index is 1.89. The maximum atomic E-state index is 11.9. The SMILES string of the molecule is CCCc1ccc(-c2cc(C)c(C(N)=O)c3[nH]cnc23)cc1C1CCC1. The number of aromatic amines is 1. The van der Waals surface area contributed by atoms with Gasteiger partial charge in [0.2, 0.25) is 0 Å². The van der Waals surface area contributed by atoms with Gasteiger partial charge in [0.1, 0.15) is 0 Å². The number of carbonyl (C=O) groups excluding carboxylic acids is 1. The fraction of sp³-hybridized carbons (Fsp3) is 0.364. The van der Waals surface area contributed by atoms with Crippen LogP contribution in [-0.4, -0.2) is 15.9 Å². The van der Waals surface area contributed by atoms with Crippen molar-refractivity contribution in [3.63, 3.8) is 0 Å². The molecule has 134 valence electrons. The molecule has 4 rings (SSSR count). The summed E-state index contributed by atoms with van der Waals surface area (Å²) in [4.78, 5) is 19.4. The van der Waals surface area contributed by atoms with Gasteiger partial charge in [0.05, 0.1) is 22.9 Å². The highest BCUT2D eigenvalue weighted by Gasteiger charge is 2.23. The van der Waals surface area contributed by atoms with Gasteiger partial charge in [-0.25, -0.2) is 4.98 Å². The number of carbonyl (C=O) groups is 1. The number of nitrogens with one attached hydrogen (secondary N) is 1. The monoisotopic (exact) mass is 347 g/mol. The van der Waals surface area contributed by atoms with Crippen LogP contribution in [0, 0.1) is 6.92 Å². The number of nitrogens with two attached hydrogens (primary N) is 1. The summed E-state index contributed by atoms with van der Waals surface area (Å²) < 4.78 is 0. The highest BCUT2D eigenvalue weighted by Crippen LogP contribution is 2.41. The van der Waals surface area contributed by atoms with Crippen LogP contribution < -0.4 is 5.73 Å². The number of aromatic nitrogens is 2. The van der Waals surface area contributed by atoms with Crippen LogP contribution in [0.1, 0.15) is 65.6 Å². The third-order valence-electron chi connectivity index (χ3n) is 5.67. The van der Waals surface area contributed by atoms with Crippen molar-refractivity contribution in [3.8, 4) is 11.1 Å². The van der Waals surface area contributed by atoms with Crippen molar-refractivity contribution >= 4 is 16.9 Å². The molecule has 3 aromatic rings. The Hall–Kier alpha value is -2.62. The van der Waals surface area contributed by atoms with Crippen LogP contribution in [0.3, 0.4) is 0 Å². The molecule has 1 fully saturated rings. The van der Waals surface area contributed by atoms with E-state index in [9.17, 15) is 4.79 Å². The van der Waals surface area contributed by atoms with E-state index in [1.165, 1.54) is 36.0 Å². The summed E-state index contributed by atoms with van der Waals surface area (Å²) in [5, 5.41) is 0. The van der Waals surface area contributed by atoms with Crippen LogP contribution >= 0.6 is 0 Å². The smallest absolute Gasteiger partial charge is 0.251 e. The predicted octanol–water partition coefficient (Wildman–Crippen LogP) is 4.86. The number of hydrogen-bond donors (Lipinski definition) is 2. The zero-order valence-electron chi connectivity index (χ0n) is 15.4. The fourth-order valence-corrected chi connectivity index (χ4v) is 4.14. The number of hydrogen-bond acceptors (Lipinski definition) is 2. The minimum absolute atomic E-state index is 0.420. The lowest BCUT2D eigenvalue weighted by molar-refractivity contribution is 0.100. The summed E-state index contributed by atoms with van der Waals surface area (Å²) in [5.41, 5.74) is 13.7. The van der Waals surface area contributed by atoms with E-state index in [1.807, 2.05) is 13.0 Å². The number of H-pyrrole nitrogens is 1. The minimum atomic E-state index is -0.420. The van der Waals surface area contributed by atoms with Crippen molar-refractivity contribution in [1.82, 2.24) is 9.97 Å². The lowest BCUT2D eigenvalue weighted by atomic mass is 9.76. The Labute approximate surface area is 153 Å². The Morgan fingerprint density at radius 3 is 2.77 bits per heavy atom. The first-order valence-electron chi connectivity index (χ1n) is 9.49. The molecule has 0 radical (unpaired) electrons. The second-order valence-electron chi connectivity index (χ2n) is 7.40. The van der Waals surface area contributed by atoms with Gasteiger partial charge in [-0.3, -0.25) is 4.79 Å². The molecule has 1 saturated carbocycles. The van der Waals surface area contributed by atoms with Crippen LogP contribution in [-0.2, 0) is 6.42 Å². The highest BCUT2D eigenvalue weighted by atomic mass is 16.1. The van der Waals surface area contributed by atoms with E-state index in [0.29, 0.717) is 11.5 Å². The zero-order valence-corrected chi connectivity index (χ0v) is 15.4. The number of imidazole rings is 1. The van der Waals surface area contributed by atoms with E-state index < -0.39 is 5.91 Å². The highest BCUT2D eigenvalue weighted by molar-refractivity contribution is 6.09. The van der Waals surface area contributed by atoms with Crippen LogP contribution in [0.2, 0.25) is 0 Å². The third-order valence-corrected chi connectivity index (χ3v) is 5.67. The summed E-state index contributed by atoms with van der Waals surface area (Å²) in [5.74, 6) is 0.272. The van der Waals surface area contributed by atoms with Crippen molar-refractivity contribution in [3.05, 3.63) is 52.8 Å². The van der Waals surface area contributed by atoms with Gasteiger partial charge in [-0.2, -0.15) is 0 Å². The molecular weight excluding hydrogens is 322 g/mol. The maximum absolute atomic E-state index is 11.9. The molecule has 4 nitrogen and oxygen atoms in total. The standard InChI is InChI=1S/C22H25N3O/c1-3-5-14-8-9-16(11-17(14)15-6-4-7-15)18-10-13(2)19(22(23)26)21-20(18)24-12-25-21/h8-12,15H,3-7H2,1-2H3,(H2,23,26)(H,24,25). The van der Waals surface area contributed by atoms with Crippen molar-refractivity contribution in [1.29, 1.82) is 0 Å². The molecule has 26 heavy (non-hydrogen) atoms. The quantitative estimate of drug-likeness (QED) is 0.692. The number of amides is 1. The molecule has 1 aliphatic rings. The molecule has 0 saturated heterocycles. The third kappa shape index (κ3) is 2.70. The summed E-state index contributed by atoms with van der Waals surface area (Å²) in [6.07, 6.45) is 7.84. The summed E-state index contributed by atoms with van der Waals surface area (Å²) in [7, 11) is 0. The van der Waals surface area contributed by atoms with Gasteiger partial charge in [-0.15, -0.1) is 0 Å². The molecule has 0 aliphatic heterocycles. The molecule has 1 amide bonds. The molecule has 0 bridgehead atoms. The molecule has 3 N–H and O–H groups in total. The van der Waals surface area contributed by atoms with Gasteiger partial charge in [0.25, 0.3) is 5.91 Å². The van der Waals surface area contributed by atoms with Crippen molar-refractivity contribution in [2.24, 2.45) is 5.73 Å². The Morgan fingerprint density at radius 2 is 2.12 bits per heavy atom. The first-order valence-corrected chi connectivity index (χ1v) is 9.49. The summed E-state index contributed by atoms with van der Waals surface area (Å²) in [6.45, 7) is 4.17. The average Bonchev–Trinajstić information content (AvgIpc) is 3.03. The van der Waals surface area contributed by atoms with Gasteiger partial charge in [-0.1, -0.05) is 38.0 Å². The van der Waals surface area contributed by atoms with Gasteiger partial charge in [-0.05, 0) is 60.4 Å². The zero-order chi connectivity index (χ0) is 18.3. The average molecular weight is 347 g/mol. The van der Waals surface area contributed by atoms with Gasteiger partial charge in [0.15, 0.2) is 0 Å². The lowest BCUT2D eigenvalue weighted by Gasteiger charge is -2.28. The normalized spacial score (nSPS) is 14.5. The number of rotatable bonds is 5. The molecule has 0 unspecified atom stereocenters. The second kappa shape index (κ2) is 6.60. The predicted molar refractivity (Wildman–Crippen MR) is 105 cm³/mol. The Bertz CT molecular complexity index is 982. The molecule has 4 heteroatoms. The number of fused-ring (bicyclic) bond motifs is 1. The molecular formula is C22H25N3O. The summed E-state index contributed by atoms with van der Waals surface area (Å²) >= 11 is 0. The molecule has 1 aromatic heterocycles. The van der Waals surface area contributed by atoms with Gasteiger partial charge in [0, 0.05) is 5.56 Å². The van der Waals surface area contributed by atoms with Crippen LogP contribution in [0.15, 0.2) is 30.6 Å². The minimum Gasteiger partial charge on any atom is -0.366 e. The summed E-state index contributed by atoms with van der Waals surface area (Å²) in [6, 6.07) is 8.87. The van der Waals surface area contributed by atoms with Gasteiger partial charge < -0.3 is 10.7 Å². The lowest BCUT2D eigenvalue weighted by Crippen LogP contribution is -2.14. The van der Waals surface area contributed by atoms with Crippen LogP contribution in [0.4, 0.5) is 0 Å². The van der Waals surface area contributed by atoms with E-state index in [1.54, 1.807) is 6.33 Å². The molecule has 0 spiro atoms. The first kappa shape index (κ1) is 16.8. The van der Waals surface area contributed by atoms with Crippen molar-refractivity contribution < 1.29 is 4.79 Å². The largest absolute Gasteiger partial charge is 0.366 e. The number of primary amides is 1. The van der Waals surface area contributed by atoms with E-state index in [2.05, 4.69) is 35.1 Å². The first-order chi connectivity index (χ1) is 12.6. The van der Waals surface area contributed by atoms with Crippen LogP contribution in [0.25, 0.3) is 22.2 Å². The van der Waals surface area contributed by atoms with E-state index in [4.69, 9.17) is 5.73 Å². The number of nitrogens with zero attached hydrogens (tertiary/aromatic N) is 1. The Morgan fingerprint density at radius 1 is 1.31 bits per heavy atom. The molecule has 2 aromatic carbocycles.